The molecular formula is C29H32ClFN4O10. The summed E-state index contributed by atoms with van der Waals surface area (Å²) >= 11 is 6.01. The highest BCUT2D eigenvalue weighted by molar-refractivity contribution is 6.30. The van der Waals surface area contributed by atoms with Crippen LogP contribution in [0.4, 0.5) is 9.18 Å². The number of aliphatic hydroxyl groups is 1. The van der Waals surface area contributed by atoms with Gasteiger partial charge in [0.1, 0.15) is 11.9 Å². The highest BCUT2D eigenvalue weighted by Crippen LogP contribution is 2.26. The Bertz CT molecular complexity index is 1480. The van der Waals surface area contributed by atoms with E-state index < -0.39 is 55.2 Å². The van der Waals surface area contributed by atoms with Crippen LogP contribution in [0.3, 0.4) is 0 Å². The van der Waals surface area contributed by atoms with Crippen molar-refractivity contribution in [2.45, 2.75) is 32.5 Å². The molecule has 2 amide bonds. The smallest absolute Gasteiger partial charge is 0.407 e. The second-order valence-electron chi connectivity index (χ2n) is 9.79. The van der Waals surface area contributed by atoms with Crippen LogP contribution < -0.4 is 15.5 Å². The topological polar surface area (TPSA) is 179 Å². The van der Waals surface area contributed by atoms with Crippen LogP contribution >= 0.6 is 11.6 Å². The molecule has 0 aliphatic heterocycles. The lowest BCUT2D eigenvalue weighted by molar-refractivity contribution is -0.175. The van der Waals surface area contributed by atoms with Gasteiger partial charge in [-0.1, -0.05) is 49.7 Å². The van der Waals surface area contributed by atoms with Crippen LogP contribution in [0.15, 0.2) is 53.1 Å². The zero-order valence-electron chi connectivity index (χ0n) is 24.7. The Morgan fingerprint density at radius 1 is 1.04 bits per heavy atom. The minimum atomic E-state index is -1.82. The quantitative estimate of drug-likeness (QED) is 0.132. The fraction of sp³-hybridized carbons (Fsp3) is 0.345. The zero-order chi connectivity index (χ0) is 33.1. The van der Waals surface area contributed by atoms with Gasteiger partial charge in [0.15, 0.2) is 6.10 Å². The number of esters is 2. The van der Waals surface area contributed by atoms with E-state index in [1.165, 1.54) is 36.4 Å². The third-order valence-electron chi connectivity index (χ3n) is 6.20. The van der Waals surface area contributed by atoms with Crippen LogP contribution in [-0.4, -0.2) is 78.9 Å². The summed E-state index contributed by atoms with van der Waals surface area (Å²) in [5.74, 6) is -3.83. The third kappa shape index (κ3) is 10.2. The molecule has 14 nitrogen and oxygen atoms in total. The molecular weight excluding hydrogens is 619 g/mol. The van der Waals surface area contributed by atoms with Gasteiger partial charge in [-0.15, -0.1) is 0 Å². The first kappa shape index (κ1) is 34.8. The SMILES string of the molecule is COC(=O)NC(C(=O)OCOC(=O)C(O)CN(Cc1ccc(-c2cc(Cl)ccc2F)cc1)NC(=O)c1cc(OC)no1)C(C)C. The molecule has 3 rings (SSSR count). The maximum Gasteiger partial charge on any atom is 0.407 e. The van der Waals surface area contributed by atoms with Crippen LogP contribution in [0, 0.1) is 11.7 Å². The van der Waals surface area contributed by atoms with E-state index in [4.69, 9.17) is 30.3 Å². The number of benzene rings is 2. The van der Waals surface area contributed by atoms with Crippen LogP contribution in [-0.2, 0) is 30.3 Å². The first-order valence-corrected chi connectivity index (χ1v) is 13.8. The van der Waals surface area contributed by atoms with Gasteiger partial charge in [-0.2, -0.15) is 0 Å². The average Bonchev–Trinajstić information content (AvgIpc) is 3.50. The summed E-state index contributed by atoms with van der Waals surface area (Å²) < 4.78 is 38.5. The van der Waals surface area contributed by atoms with Gasteiger partial charge in [-0.25, -0.2) is 23.8 Å². The maximum atomic E-state index is 14.3. The summed E-state index contributed by atoms with van der Waals surface area (Å²) in [5, 5.41) is 18.0. The Morgan fingerprint density at radius 3 is 2.36 bits per heavy atom. The Balaban J connectivity index is 1.68. The number of ether oxygens (including phenoxy) is 4. The number of hydrogen-bond acceptors (Lipinski definition) is 12. The first-order valence-electron chi connectivity index (χ1n) is 13.4. The lowest BCUT2D eigenvalue weighted by atomic mass is 10.0. The van der Waals surface area contributed by atoms with Gasteiger partial charge in [0, 0.05) is 17.1 Å². The van der Waals surface area contributed by atoms with Crippen LogP contribution in [0.1, 0.15) is 30.0 Å². The number of aliphatic hydroxyl groups excluding tert-OH is 1. The van der Waals surface area contributed by atoms with E-state index in [0.717, 1.165) is 7.11 Å². The Hall–Kier alpha value is -4.73. The van der Waals surface area contributed by atoms with E-state index in [1.54, 1.807) is 38.1 Å². The molecule has 3 N–H and O–H groups in total. The van der Waals surface area contributed by atoms with Crippen molar-refractivity contribution in [3.63, 3.8) is 0 Å². The predicted octanol–water partition coefficient (Wildman–Crippen LogP) is 3.08. The summed E-state index contributed by atoms with van der Waals surface area (Å²) in [6.45, 7) is 1.93. The lowest BCUT2D eigenvalue weighted by Crippen LogP contribution is -2.48. The van der Waals surface area contributed by atoms with Crippen molar-refractivity contribution >= 4 is 35.5 Å². The van der Waals surface area contributed by atoms with Crippen LogP contribution in [0.5, 0.6) is 5.88 Å². The molecule has 1 aromatic heterocycles. The maximum absolute atomic E-state index is 14.3. The van der Waals surface area contributed by atoms with Gasteiger partial charge >= 0.3 is 23.9 Å². The molecule has 0 bridgehead atoms. The van der Waals surface area contributed by atoms with E-state index in [9.17, 15) is 28.7 Å². The number of hydrazine groups is 1. The fourth-order valence-electron chi connectivity index (χ4n) is 3.84. The summed E-state index contributed by atoms with van der Waals surface area (Å²) in [6.07, 6.45) is -2.67. The van der Waals surface area contributed by atoms with E-state index in [2.05, 4.69) is 20.6 Å². The predicted molar refractivity (Wildman–Crippen MR) is 155 cm³/mol. The molecule has 3 aromatic rings. The average molecular weight is 651 g/mol. The van der Waals surface area contributed by atoms with E-state index in [0.29, 0.717) is 16.1 Å². The van der Waals surface area contributed by atoms with Crippen molar-refractivity contribution < 1.29 is 52.1 Å². The van der Waals surface area contributed by atoms with Crippen LogP contribution in [0.25, 0.3) is 11.1 Å². The number of halogens is 2. The fourth-order valence-corrected chi connectivity index (χ4v) is 4.01. The molecule has 2 unspecified atom stereocenters. The van der Waals surface area contributed by atoms with Gasteiger partial charge < -0.3 is 33.9 Å². The number of rotatable bonds is 14. The largest absolute Gasteiger partial charge is 0.479 e. The summed E-state index contributed by atoms with van der Waals surface area (Å²) in [4.78, 5) is 49.2. The molecule has 1 heterocycles. The summed E-state index contributed by atoms with van der Waals surface area (Å²) in [6, 6.07) is 10.9. The molecule has 0 spiro atoms. The van der Waals surface area contributed by atoms with Gasteiger partial charge in [0.25, 0.3) is 5.88 Å². The number of aromatic nitrogens is 1. The van der Waals surface area contributed by atoms with Crippen molar-refractivity contribution in [2.24, 2.45) is 5.92 Å². The van der Waals surface area contributed by atoms with Crippen molar-refractivity contribution in [2.75, 3.05) is 27.6 Å². The molecule has 16 heteroatoms. The highest BCUT2D eigenvalue weighted by Gasteiger charge is 2.28. The van der Waals surface area contributed by atoms with Gasteiger partial charge in [-0.3, -0.25) is 10.2 Å². The molecule has 0 saturated carbocycles. The number of alkyl carbamates (subject to hydrolysis) is 1. The van der Waals surface area contributed by atoms with E-state index in [1.807, 2.05) is 0 Å². The molecule has 242 valence electrons. The van der Waals surface area contributed by atoms with Crippen molar-refractivity contribution in [3.05, 3.63) is 70.7 Å². The number of carbonyl (C=O) groups is 4. The Labute approximate surface area is 262 Å². The molecule has 45 heavy (non-hydrogen) atoms. The van der Waals surface area contributed by atoms with Crippen molar-refractivity contribution in [3.8, 4) is 17.0 Å². The van der Waals surface area contributed by atoms with E-state index >= 15 is 0 Å². The van der Waals surface area contributed by atoms with Gasteiger partial charge in [0.05, 0.1) is 26.8 Å². The van der Waals surface area contributed by atoms with Gasteiger partial charge in [0.2, 0.25) is 12.6 Å². The molecule has 0 radical (unpaired) electrons. The van der Waals surface area contributed by atoms with Crippen LogP contribution in [0.2, 0.25) is 5.02 Å². The standard InChI is InChI=1S/C29H32ClFN4O10/c1-16(2)25(32-29(40)42-4)28(39)44-15-43-27(38)22(36)14-35(33-26(37)23-12-24(41-3)34-45-23)13-17-5-7-18(8-6-17)20-11-19(30)9-10-21(20)31/h5-12,16,22,25,36H,13-15H2,1-4H3,(H,32,40)(H,33,37). The second kappa shape index (κ2) is 16.4. The molecule has 0 saturated heterocycles. The number of nitrogens with zero attached hydrogens (tertiary/aromatic N) is 2. The van der Waals surface area contributed by atoms with Gasteiger partial charge in [-0.05, 0) is 40.4 Å². The van der Waals surface area contributed by atoms with Crippen molar-refractivity contribution in [1.29, 1.82) is 0 Å². The number of hydrogen-bond donors (Lipinski definition) is 3. The minimum absolute atomic E-state index is 0.0378. The Kier molecular flexibility index (Phi) is 12.6. The number of amides is 2. The number of methoxy groups -OCH3 is 2. The minimum Gasteiger partial charge on any atom is -0.479 e. The molecule has 0 fully saturated rings. The number of nitrogens with one attached hydrogen (secondary N) is 2. The lowest BCUT2D eigenvalue weighted by Gasteiger charge is -2.25. The highest BCUT2D eigenvalue weighted by atomic mass is 35.5. The third-order valence-corrected chi connectivity index (χ3v) is 6.43. The summed E-state index contributed by atoms with van der Waals surface area (Å²) in [5.41, 5.74) is 3.95. The summed E-state index contributed by atoms with van der Waals surface area (Å²) in [7, 11) is 2.47. The number of carbonyl (C=O) groups excluding carboxylic acids is 4. The zero-order valence-corrected chi connectivity index (χ0v) is 25.5. The second-order valence-corrected chi connectivity index (χ2v) is 10.2. The molecule has 2 aromatic carbocycles. The Morgan fingerprint density at radius 2 is 1.73 bits per heavy atom. The normalized spacial score (nSPS) is 12.3. The molecule has 0 aliphatic rings. The monoisotopic (exact) mass is 650 g/mol. The first-order chi connectivity index (χ1) is 21.4. The van der Waals surface area contributed by atoms with Crippen molar-refractivity contribution in [1.82, 2.24) is 20.9 Å². The van der Waals surface area contributed by atoms with E-state index in [-0.39, 0.29) is 29.7 Å². The molecule has 0 aliphatic carbocycles. The molecule has 2 atom stereocenters.